The van der Waals surface area contributed by atoms with Crippen LogP contribution >= 0.6 is 24.0 Å². The molecule has 0 aliphatic carbocycles. The number of hydrogen-bond donors (Lipinski definition) is 2. The molecule has 0 aromatic carbocycles. The Balaban J connectivity index is 0.00000225. The SMILES string of the molecule is Cc1cc(C)n(CC(C)CN=C(N)N)n1.I. The summed E-state index contributed by atoms with van der Waals surface area (Å²) in [6.45, 7) is 7.62. The van der Waals surface area contributed by atoms with E-state index in [2.05, 4.69) is 23.1 Å². The van der Waals surface area contributed by atoms with E-state index in [1.807, 2.05) is 18.5 Å². The highest BCUT2D eigenvalue weighted by molar-refractivity contribution is 14.0. The van der Waals surface area contributed by atoms with E-state index in [-0.39, 0.29) is 29.9 Å². The van der Waals surface area contributed by atoms with Crippen molar-refractivity contribution in [2.75, 3.05) is 6.54 Å². The van der Waals surface area contributed by atoms with Crippen molar-refractivity contribution in [2.24, 2.45) is 22.4 Å². The van der Waals surface area contributed by atoms with E-state index in [4.69, 9.17) is 11.5 Å². The Hall–Kier alpha value is -0.790. The van der Waals surface area contributed by atoms with Crippen LogP contribution < -0.4 is 11.5 Å². The molecule has 0 bridgehead atoms. The first-order chi connectivity index (χ1) is 6.99. The molecular weight excluding hydrogens is 317 g/mol. The number of aryl methyl sites for hydroxylation is 2. The predicted octanol–water partition coefficient (Wildman–Crippen LogP) is 1.03. The van der Waals surface area contributed by atoms with Crippen molar-refractivity contribution in [1.29, 1.82) is 0 Å². The van der Waals surface area contributed by atoms with E-state index < -0.39 is 0 Å². The van der Waals surface area contributed by atoms with Crippen molar-refractivity contribution in [3.8, 4) is 0 Å². The van der Waals surface area contributed by atoms with E-state index in [0.717, 1.165) is 12.2 Å². The van der Waals surface area contributed by atoms with Crippen LogP contribution in [0.1, 0.15) is 18.3 Å². The molecule has 0 aliphatic heterocycles. The molecular formula is C10H20IN5. The maximum atomic E-state index is 5.27. The van der Waals surface area contributed by atoms with Gasteiger partial charge in [0.25, 0.3) is 0 Å². The molecule has 0 amide bonds. The number of aliphatic imine (C=N–C) groups is 1. The zero-order valence-electron chi connectivity index (χ0n) is 9.97. The smallest absolute Gasteiger partial charge is 0.185 e. The van der Waals surface area contributed by atoms with Gasteiger partial charge in [0.2, 0.25) is 0 Å². The highest BCUT2D eigenvalue weighted by Crippen LogP contribution is 2.06. The standard InChI is InChI=1S/C10H19N5.HI/c1-7(5-13-10(11)12)6-15-9(3)4-8(2)14-15;/h4,7H,5-6H2,1-3H3,(H4,11,12,13);1H. The van der Waals surface area contributed by atoms with Gasteiger partial charge in [0.05, 0.1) is 5.69 Å². The quantitative estimate of drug-likeness (QED) is 0.489. The van der Waals surface area contributed by atoms with Crippen molar-refractivity contribution >= 4 is 29.9 Å². The first kappa shape index (κ1) is 15.2. The maximum Gasteiger partial charge on any atom is 0.185 e. The van der Waals surface area contributed by atoms with E-state index in [0.29, 0.717) is 12.5 Å². The van der Waals surface area contributed by atoms with Crippen LogP contribution in [0.2, 0.25) is 0 Å². The minimum atomic E-state index is 0. The number of nitrogens with zero attached hydrogens (tertiary/aromatic N) is 3. The van der Waals surface area contributed by atoms with Crippen molar-refractivity contribution in [3.05, 3.63) is 17.5 Å². The van der Waals surface area contributed by atoms with Gasteiger partial charge in [-0.1, -0.05) is 6.92 Å². The second-order valence-corrected chi connectivity index (χ2v) is 3.98. The molecule has 1 aromatic rings. The molecule has 0 aliphatic rings. The lowest BCUT2D eigenvalue weighted by Crippen LogP contribution is -2.24. The summed E-state index contributed by atoms with van der Waals surface area (Å²) < 4.78 is 1.99. The largest absolute Gasteiger partial charge is 0.370 e. The van der Waals surface area contributed by atoms with Gasteiger partial charge in [-0.15, -0.1) is 24.0 Å². The molecule has 1 heterocycles. The van der Waals surface area contributed by atoms with Gasteiger partial charge in [-0.05, 0) is 25.8 Å². The fourth-order valence-electron chi connectivity index (χ4n) is 1.47. The van der Waals surface area contributed by atoms with E-state index >= 15 is 0 Å². The summed E-state index contributed by atoms with van der Waals surface area (Å²) in [7, 11) is 0. The molecule has 0 saturated carbocycles. The van der Waals surface area contributed by atoms with Crippen LogP contribution in [0.5, 0.6) is 0 Å². The average Bonchev–Trinajstić information content (AvgIpc) is 2.42. The van der Waals surface area contributed by atoms with Gasteiger partial charge in [0.15, 0.2) is 5.96 Å². The van der Waals surface area contributed by atoms with Crippen LogP contribution in [0.25, 0.3) is 0 Å². The minimum absolute atomic E-state index is 0. The predicted molar refractivity (Wildman–Crippen MR) is 77.0 cm³/mol. The highest BCUT2D eigenvalue weighted by Gasteiger charge is 2.06. The molecule has 0 radical (unpaired) electrons. The van der Waals surface area contributed by atoms with Gasteiger partial charge in [-0.2, -0.15) is 5.10 Å². The topological polar surface area (TPSA) is 82.2 Å². The van der Waals surface area contributed by atoms with Crippen LogP contribution in [0.15, 0.2) is 11.1 Å². The molecule has 0 saturated heterocycles. The van der Waals surface area contributed by atoms with Gasteiger partial charge >= 0.3 is 0 Å². The second kappa shape index (κ2) is 6.72. The molecule has 1 aromatic heterocycles. The molecule has 1 rings (SSSR count). The number of halogens is 1. The molecule has 5 nitrogen and oxygen atoms in total. The van der Waals surface area contributed by atoms with Crippen LogP contribution in [0, 0.1) is 19.8 Å². The van der Waals surface area contributed by atoms with Crippen LogP contribution in [-0.4, -0.2) is 22.3 Å². The van der Waals surface area contributed by atoms with E-state index in [1.54, 1.807) is 0 Å². The second-order valence-electron chi connectivity index (χ2n) is 3.98. The third-order valence-electron chi connectivity index (χ3n) is 2.17. The molecule has 16 heavy (non-hydrogen) atoms. The summed E-state index contributed by atoms with van der Waals surface area (Å²) in [5, 5.41) is 4.38. The lowest BCUT2D eigenvalue weighted by atomic mass is 10.2. The Morgan fingerprint density at radius 1 is 1.50 bits per heavy atom. The lowest BCUT2D eigenvalue weighted by molar-refractivity contribution is 0.450. The summed E-state index contributed by atoms with van der Waals surface area (Å²) in [5.41, 5.74) is 12.8. The third kappa shape index (κ3) is 4.82. The van der Waals surface area contributed by atoms with E-state index in [1.165, 1.54) is 5.69 Å². The molecule has 4 N–H and O–H groups in total. The summed E-state index contributed by atoms with van der Waals surface area (Å²) in [4.78, 5) is 3.99. The van der Waals surface area contributed by atoms with E-state index in [9.17, 15) is 0 Å². The summed E-state index contributed by atoms with van der Waals surface area (Å²) in [6, 6.07) is 2.06. The number of hydrogen-bond acceptors (Lipinski definition) is 2. The first-order valence-corrected chi connectivity index (χ1v) is 5.05. The van der Waals surface area contributed by atoms with Gasteiger partial charge in [0.1, 0.15) is 0 Å². The number of guanidine groups is 1. The van der Waals surface area contributed by atoms with Gasteiger partial charge < -0.3 is 11.5 Å². The van der Waals surface area contributed by atoms with Crippen LogP contribution in [0.4, 0.5) is 0 Å². The number of aromatic nitrogens is 2. The molecule has 6 heteroatoms. The summed E-state index contributed by atoms with van der Waals surface area (Å²) >= 11 is 0. The zero-order valence-corrected chi connectivity index (χ0v) is 12.3. The molecule has 92 valence electrons. The molecule has 0 spiro atoms. The Morgan fingerprint density at radius 3 is 2.56 bits per heavy atom. The monoisotopic (exact) mass is 337 g/mol. The van der Waals surface area contributed by atoms with Crippen molar-refractivity contribution < 1.29 is 0 Å². The molecule has 0 fully saturated rings. The fourth-order valence-corrected chi connectivity index (χ4v) is 1.47. The first-order valence-electron chi connectivity index (χ1n) is 5.05. The van der Waals surface area contributed by atoms with Gasteiger partial charge in [-0.3, -0.25) is 9.67 Å². The van der Waals surface area contributed by atoms with Crippen LogP contribution in [0.3, 0.4) is 0 Å². The molecule has 1 unspecified atom stereocenters. The van der Waals surface area contributed by atoms with Crippen molar-refractivity contribution in [2.45, 2.75) is 27.3 Å². The van der Waals surface area contributed by atoms with Gasteiger partial charge in [-0.25, -0.2) is 0 Å². The number of rotatable bonds is 4. The summed E-state index contributed by atoms with van der Waals surface area (Å²) in [5.74, 6) is 0.528. The van der Waals surface area contributed by atoms with Crippen molar-refractivity contribution in [1.82, 2.24) is 9.78 Å². The summed E-state index contributed by atoms with van der Waals surface area (Å²) in [6.07, 6.45) is 0. The third-order valence-corrected chi connectivity index (χ3v) is 2.17. The minimum Gasteiger partial charge on any atom is -0.370 e. The fraction of sp³-hybridized carbons (Fsp3) is 0.600. The van der Waals surface area contributed by atoms with Gasteiger partial charge in [0, 0.05) is 18.8 Å². The zero-order chi connectivity index (χ0) is 11.4. The highest BCUT2D eigenvalue weighted by atomic mass is 127. The van der Waals surface area contributed by atoms with Crippen molar-refractivity contribution in [3.63, 3.8) is 0 Å². The Morgan fingerprint density at radius 2 is 2.12 bits per heavy atom. The molecule has 1 atom stereocenters. The maximum absolute atomic E-state index is 5.27. The Bertz CT molecular complexity index is 354. The lowest BCUT2D eigenvalue weighted by Gasteiger charge is -2.10. The Kier molecular flexibility index (Phi) is 6.39. The normalized spacial score (nSPS) is 11.7. The Labute approximate surface area is 113 Å². The average molecular weight is 337 g/mol. The number of nitrogens with two attached hydrogens (primary N) is 2. The van der Waals surface area contributed by atoms with Crippen LogP contribution in [-0.2, 0) is 6.54 Å².